The van der Waals surface area contributed by atoms with Gasteiger partial charge in [-0.2, -0.15) is 0 Å². The van der Waals surface area contributed by atoms with E-state index in [9.17, 15) is 16.8 Å². The minimum absolute atomic E-state index is 2.00. The average molecular weight is 204 g/mol. The van der Waals surface area contributed by atoms with E-state index in [0.29, 0.717) is 0 Å². The minimum atomic E-state index is -6.39. The van der Waals surface area contributed by atoms with Crippen LogP contribution in [0.15, 0.2) is 18.7 Å². The fourth-order valence-corrected chi connectivity index (χ4v) is 0.575. The summed E-state index contributed by atoms with van der Waals surface area (Å²) in [6, 6.07) is 0. The molecule has 1 aromatic rings. The first-order chi connectivity index (χ1) is 5.29. The first-order valence-electron chi connectivity index (χ1n) is 2.94. The summed E-state index contributed by atoms with van der Waals surface area (Å²) in [5, 5.41) is 0. The third kappa shape index (κ3) is 9.36. The van der Waals surface area contributed by atoms with Crippen molar-refractivity contribution >= 4 is 8.51 Å². The molecule has 1 heterocycles. The third-order valence-electron chi connectivity index (χ3n) is 0.901. The van der Waals surface area contributed by atoms with Gasteiger partial charge >= 0.3 is 25.3 Å². The second-order valence-electron chi connectivity index (χ2n) is 2.13. The maximum atomic E-state index is 9.80. The predicted octanol–water partition coefficient (Wildman–Crippen LogP) is 2.39. The predicted molar refractivity (Wildman–Crippen MR) is 37.9 cm³/mol. The Morgan fingerprint density at radius 2 is 1.67 bits per heavy atom. The summed E-state index contributed by atoms with van der Waals surface area (Å²) in [5.41, 5.74) is 0. The van der Waals surface area contributed by atoms with Gasteiger partial charge in [0.2, 0.25) is 6.33 Å². The van der Waals surface area contributed by atoms with Crippen molar-refractivity contribution in [3.8, 4) is 0 Å². The SMILES string of the molecule is Cn1cc[n+](C)c1.F[P-](F)(F)F. The van der Waals surface area contributed by atoms with Crippen molar-refractivity contribution in [2.45, 2.75) is 0 Å². The molecule has 1 rings (SSSR count). The second-order valence-corrected chi connectivity index (χ2v) is 2.89. The normalized spacial score (nSPS) is 11.8. The molecule has 0 aliphatic heterocycles. The van der Waals surface area contributed by atoms with Gasteiger partial charge in [-0.1, -0.05) is 0 Å². The van der Waals surface area contributed by atoms with E-state index >= 15 is 0 Å². The van der Waals surface area contributed by atoms with Gasteiger partial charge in [0.25, 0.3) is 0 Å². The Morgan fingerprint density at radius 1 is 1.25 bits per heavy atom. The summed E-state index contributed by atoms with van der Waals surface area (Å²) in [6.45, 7) is 0. The van der Waals surface area contributed by atoms with E-state index in [2.05, 4.69) is 0 Å². The van der Waals surface area contributed by atoms with Crippen LogP contribution >= 0.6 is 8.51 Å². The van der Waals surface area contributed by atoms with Crippen LogP contribution in [0, 0.1) is 0 Å². The van der Waals surface area contributed by atoms with Crippen molar-refractivity contribution < 1.29 is 21.4 Å². The quantitative estimate of drug-likeness (QED) is 0.348. The Balaban J connectivity index is 0.000000217. The van der Waals surface area contributed by atoms with Crippen LogP contribution in [0.1, 0.15) is 0 Å². The summed E-state index contributed by atoms with van der Waals surface area (Å²) < 4.78 is 43.2. The standard InChI is InChI=1S/C5H9N2.F4P/c1-6-3-4-7(2)5-6;1-5(2,3)4/h3-5H,1-2H3;/q+1;-1. The van der Waals surface area contributed by atoms with E-state index in [4.69, 9.17) is 0 Å². The van der Waals surface area contributed by atoms with E-state index in [1.807, 2.05) is 42.0 Å². The molecule has 0 radical (unpaired) electrons. The molecule has 0 amide bonds. The number of nitrogens with zero attached hydrogens (tertiary/aromatic N) is 2. The van der Waals surface area contributed by atoms with E-state index in [0.717, 1.165) is 0 Å². The topological polar surface area (TPSA) is 8.81 Å². The summed E-state index contributed by atoms with van der Waals surface area (Å²) in [4.78, 5) is 0. The van der Waals surface area contributed by atoms with E-state index in [1.165, 1.54) is 0 Å². The number of rotatable bonds is 0. The molecule has 0 N–H and O–H groups in total. The van der Waals surface area contributed by atoms with Gasteiger partial charge < -0.3 is 0 Å². The fourth-order valence-electron chi connectivity index (χ4n) is 0.575. The molecule has 0 saturated heterocycles. The molecule has 0 fully saturated rings. The van der Waals surface area contributed by atoms with E-state index in [-0.39, 0.29) is 0 Å². The fraction of sp³-hybridized carbons (Fsp3) is 0.400. The molecular formula is C5H9F4N2P. The van der Waals surface area contributed by atoms with Crippen LogP contribution in [0.4, 0.5) is 16.8 Å². The molecule has 1 aromatic heterocycles. The van der Waals surface area contributed by atoms with Gasteiger partial charge in [-0.3, -0.25) is 0 Å². The zero-order chi connectivity index (χ0) is 9.78. The Labute approximate surface area is 68.3 Å². The first kappa shape index (κ1) is 11.4. The molecule has 12 heavy (non-hydrogen) atoms. The zero-order valence-corrected chi connectivity index (χ0v) is 7.48. The molecule has 72 valence electrons. The van der Waals surface area contributed by atoms with Gasteiger partial charge in [0.1, 0.15) is 12.4 Å². The molecule has 0 bridgehead atoms. The van der Waals surface area contributed by atoms with Crippen LogP contribution in [0.25, 0.3) is 0 Å². The number of hydrogen-bond donors (Lipinski definition) is 0. The Bertz CT molecular complexity index is 209. The summed E-state index contributed by atoms with van der Waals surface area (Å²) >= 11 is 0. The van der Waals surface area contributed by atoms with Crippen molar-refractivity contribution in [2.75, 3.05) is 0 Å². The van der Waals surface area contributed by atoms with E-state index in [1.54, 1.807) is 0 Å². The number of halogens is 4. The Hall–Kier alpha value is -0.640. The van der Waals surface area contributed by atoms with Crippen molar-refractivity contribution in [1.29, 1.82) is 0 Å². The van der Waals surface area contributed by atoms with Crippen LogP contribution in [0.2, 0.25) is 0 Å². The van der Waals surface area contributed by atoms with Crippen LogP contribution in [0.3, 0.4) is 0 Å². The van der Waals surface area contributed by atoms with E-state index < -0.39 is 8.51 Å². The number of imidazole rings is 1. The molecule has 0 aromatic carbocycles. The second kappa shape index (κ2) is 4.40. The molecule has 0 aliphatic carbocycles. The number of hydrogen-bond acceptors (Lipinski definition) is 0. The van der Waals surface area contributed by atoms with Crippen LogP contribution in [0.5, 0.6) is 0 Å². The van der Waals surface area contributed by atoms with Gasteiger partial charge in [0.05, 0.1) is 14.1 Å². The molecule has 0 aliphatic rings. The van der Waals surface area contributed by atoms with Gasteiger partial charge in [-0.25, -0.2) is 9.13 Å². The molecule has 0 saturated carbocycles. The van der Waals surface area contributed by atoms with Crippen molar-refractivity contribution in [3.63, 3.8) is 0 Å². The molecule has 0 spiro atoms. The molecule has 0 unspecified atom stereocenters. The zero-order valence-electron chi connectivity index (χ0n) is 6.59. The molecule has 0 atom stereocenters. The number of aromatic nitrogens is 2. The van der Waals surface area contributed by atoms with Crippen molar-refractivity contribution in [3.05, 3.63) is 18.7 Å². The van der Waals surface area contributed by atoms with Gasteiger partial charge in [0.15, 0.2) is 0 Å². The van der Waals surface area contributed by atoms with Gasteiger partial charge in [0, 0.05) is 0 Å². The van der Waals surface area contributed by atoms with Crippen LogP contribution in [-0.2, 0) is 14.1 Å². The third-order valence-corrected chi connectivity index (χ3v) is 0.901. The number of aryl methyl sites for hydroxylation is 2. The van der Waals surface area contributed by atoms with Gasteiger partial charge in [-0.15, -0.1) is 0 Å². The monoisotopic (exact) mass is 204 g/mol. The maximum absolute atomic E-state index is 9.80. The summed E-state index contributed by atoms with van der Waals surface area (Å²) in [7, 11) is -2.39. The van der Waals surface area contributed by atoms with Crippen molar-refractivity contribution in [2.24, 2.45) is 14.1 Å². The van der Waals surface area contributed by atoms with Crippen LogP contribution in [-0.4, -0.2) is 4.57 Å². The Kier molecular flexibility index (Phi) is 4.17. The Morgan fingerprint density at radius 3 is 1.75 bits per heavy atom. The van der Waals surface area contributed by atoms with Crippen molar-refractivity contribution in [1.82, 2.24) is 4.57 Å². The molecule has 2 nitrogen and oxygen atoms in total. The molecule has 7 heteroatoms. The molecular weight excluding hydrogens is 195 g/mol. The van der Waals surface area contributed by atoms with Crippen LogP contribution < -0.4 is 4.57 Å². The van der Waals surface area contributed by atoms with Gasteiger partial charge in [-0.05, 0) is 0 Å². The summed E-state index contributed by atoms with van der Waals surface area (Å²) in [5.74, 6) is 0. The summed E-state index contributed by atoms with van der Waals surface area (Å²) in [6.07, 6.45) is 6.00. The average Bonchev–Trinajstić information content (AvgIpc) is 2.09. The first-order valence-corrected chi connectivity index (χ1v) is 4.29.